The van der Waals surface area contributed by atoms with Crippen molar-refractivity contribution < 1.29 is 23.6 Å². The van der Waals surface area contributed by atoms with Crippen LogP contribution in [0.2, 0.25) is 0 Å². The van der Waals surface area contributed by atoms with Gasteiger partial charge in [-0.3, -0.25) is 4.79 Å². The standard InChI is InChI=1S/C24H31FN2O3/c1-26(13-11-18-9-10-22(29-2)23(15-18)30-3)24(28)20-7-5-12-27(17-20)16-19-6-4-8-21(25)14-19/h4,6,8-10,14-15,20H,5,7,11-13,16-17H2,1-3H3/p+1/t20-/m0/s1. The van der Waals surface area contributed by atoms with Crippen molar-refractivity contribution >= 4 is 5.91 Å². The molecule has 1 unspecified atom stereocenters. The molecule has 0 radical (unpaired) electrons. The van der Waals surface area contributed by atoms with Gasteiger partial charge in [-0.25, -0.2) is 4.39 Å². The van der Waals surface area contributed by atoms with Gasteiger partial charge in [-0.2, -0.15) is 0 Å². The molecular weight excluding hydrogens is 383 g/mol. The van der Waals surface area contributed by atoms with E-state index in [9.17, 15) is 9.18 Å². The number of likely N-dealkylation sites (tertiary alicyclic amines) is 1. The molecule has 2 aromatic carbocycles. The molecule has 1 N–H and O–H groups in total. The molecule has 1 aliphatic rings. The first kappa shape index (κ1) is 22.1. The Labute approximate surface area is 178 Å². The lowest BCUT2D eigenvalue weighted by Crippen LogP contribution is -3.12. The summed E-state index contributed by atoms with van der Waals surface area (Å²) in [5, 5.41) is 0. The summed E-state index contributed by atoms with van der Waals surface area (Å²) in [6.07, 6.45) is 2.70. The second-order valence-corrected chi connectivity index (χ2v) is 8.05. The number of amides is 1. The van der Waals surface area contributed by atoms with Crippen molar-refractivity contribution in [2.24, 2.45) is 5.92 Å². The van der Waals surface area contributed by atoms with E-state index >= 15 is 0 Å². The van der Waals surface area contributed by atoms with E-state index in [1.54, 1.807) is 26.4 Å². The van der Waals surface area contributed by atoms with Crippen LogP contribution in [0.4, 0.5) is 4.39 Å². The van der Waals surface area contributed by atoms with Crippen LogP contribution in [0.25, 0.3) is 0 Å². The quantitative estimate of drug-likeness (QED) is 0.720. The number of halogens is 1. The number of likely N-dealkylation sites (N-methyl/N-ethyl adjacent to an activating group) is 1. The van der Waals surface area contributed by atoms with Crippen LogP contribution < -0.4 is 14.4 Å². The first-order valence-electron chi connectivity index (χ1n) is 10.5. The summed E-state index contributed by atoms with van der Waals surface area (Å²) >= 11 is 0. The molecule has 1 heterocycles. The zero-order valence-corrected chi connectivity index (χ0v) is 18.1. The predicted octanol–water partition coefficient (Wildman–Crippen LogP) is 2.34. The Morgan fingerprint density at radius 1 is 1.13 bits per heavy atom. The fraction of sp³-hybridized carbons (Fsp3) is 0.458. The highest BCUT2D eigenvalue weighted by atomic mass is 19.1. The lowest BCUT2D eigenvalue weighted by atomic mass is 9.96. The van der Waals surface area contributed by atoms with E-state index in [1.807, 2.05) is 36.2 Å². The van der Waals surface area contributed by atoms with E-state index in [-0.39, 0.29) is 17.6 Å². The zero-order chi connectivity index (χ0) is 21.5. The molecule has 1 fully saturated rings. The maximum Gasteiger partial charge on any atom is 0.231 e. The molecule has 3 rings (SSSR count). The molecule has 0 saturated carbocycles. The van der Waals surface area contributed by atoms with Gasteiger partial charge in [-0.15, -0.1) is 0 Å². The van der Waals surface area contributed by atoms with E-state index in [0.717, 1.165) is 50.0 Å². The van der Waals surface area contributed by atoms with Crippen molar-refractivity contribution in [1.29, 1.82) is 0 Å². The molecule has 162 valence electrons. The third kappa shape index (κ3) is 5.72. The number of nitrogens with one attached hydrogen (secondary N) is 1. The summed E-state index contributed by atoms with van der Waals surface area (Å²) in [7, 11) is 5.12. The van der Waals surface area contributed by atoms with Crippen molar-refractivity contribution in [3.05, 3.63) is 59.4 Å². The SMILES string of the molecule is COc1ccc(CCN(C)C(=O)[C@H]2CCC[NH+](Cc3cccc(F)c3)C2)cc1OC. The Balaban J connectivity index is 1.53. The average molecular weight is 416 g/mol. The number of carbonyl (C=O) groups excluding carboxylic acids is 1. The maximum absolute atomic E-state index is 13.5. The Kier molecular flexibility index (Phi) is 7.69. The van der Waals surface area contributed by atoms with Gasteiger partial charge in [0, 0.05) is 19.2 Å². The van der Waals surface area contributed by atoms with E-state index in [4.69, 9.17) is 9.47 Å². The van der Waals surface area contributed by atoms with E-state index in [1.165, 1.54) is 11.0 Å². The van der Waals surface area contributed by atoms with Crippen molar-refractivity contribution in [2.75, 3.05) is 40.9 Å². The third-order valence-corrected chi connectivity index (χ3v) is 5.87. The molecule has 2 atom stereocenters. The topological polar surface area (TPSA) is 43.2 Å². The summed E-state index contributed by atoms with van der Waals surface area (Å²) < 4.78 is 24.1. The largest absolute Gasteiger partial charge is 0.493 e. The highest BCUT2D eigenvalue weighted by molar-refractivity contribution is 5.78. The lowest BCUT2D eigenvalue weighted by Gasteiger charge is -2.31. The molecule has 1 amide bonds. The molecular formula is C24H32FN2O3+. The van der Waals surface area contributed by atoms with Gasteiger partial charge >= 0.3 is 0 Å². The van der Waals surface area contributed by atoms with Gasteiger partial charge in [0.15, 0.2) is 11.5 Å². The number of hydrogen-bond donors (Lipinski definition) is 1. The molecule has 1 saturated heterocycles. The minimum Gasteiger partial charge on any atom is -0.493 e. The van der Waals surface area contributed by atoms with Crippen molar-refractivity contribution in [2.45, 2.75) is 25.8 Å². The van der Waals surface area contributed by atoms with Crippen LogP contribution >= 0.6 is 0 Å². The molecule has 0 bridgehead atoms. The predicted molar refractivity (Wildman–Crippen MR) is 114 cm³/mol. The Hall–Kier alpha value is -2.60. The van der Waals surface area contributed by atoms with Gasteiger partial charge in [-0.1, -0.05) is 18.2 Å². The van der Waals surface area contributed by atoms with Crippen LogP contribution in [0.15, 0.2) is 42.5 Å². The summed E-state index contributed by atoms with van der Waals surface area (Å²) in [4.78, 5) is 16.2. The monoisotopic (exact) mass is 415 g/mol. The molecule has 0 spiro atoms. The summed E-state index contributed by atoms with van der Waals surface area (Å²) in [6, 6.07) is 12.6. The summed E-state index contributed by atoms with van der Waals surface area (Å²) in [5.74, 6) is 1.43. The van der Waals surface area contributed by atoms with Crippen LogP contribution in [-0.2, 0) is 17.8 Å². The fourth-order valence-corrected chi connectivity index (χ4v) is 4.21. The van der Waals surface area contributed by atoms with Crippen molar-refractivity contribution in [3.63, 3.8) is 0 Å². The maximum atomic E-state index is 13.5. The number of quaternary nitrogens is 1. The number of benzene rings is 2. The molecule has 6 heteroatoms. The average Bonchev–Trinajstić information content (AvgIpc) is 2.76. The second-order valence-electron chi connectivity index (χ2n) is 8.05. The molecule has 30 heavy (non-hydrogen) atoms. The number of rotatable bonds is 8. The van der Waals surface area contributed by atoms with Crippen LogP contribution in [0, 0.1) is 11.7 Å². The molecule has 5 nitrogen and oxygen atoms in total. The second kappa shape index (κ2) is 10.4. The van der Waals surface area contributed by atoms with Crippen LogP contribution in [-0.4, -0.2) is 51.7 Å². The smallest absolute Gasteiger partial charge is 0.231 e. The summed E-state index contributed by atoms with van der Waals surface area (Å²) in [5.41, 5.74) is 2.09. The molecule has 0 aromatic heterocycles. The number of methoxy groups -OCH3 is 2. The fourth-order valence-electron chi connectivity index (χ4n) is 4.21. The van der Waals surface area contributed by atoms with Crippen LogP contribution in [0.1, 0.15) is 24.0 Å². The van der Waals surface area contributed by atoms with Crippen LogP contribution in [0.3, 0.4) is 0 Å². The van der Waals surface area contributed by atoms with Crippen molar-refractivity contribution in [3.8, 4) is 11.5 Å². The summed E-state index contributed by atoms with van der Waals surface area (Å²) in [6.45, 7) is 3.24. The lowest BCUT2D eigenvalue weighted by molar-refractivity contribution is -0.921. The molecule has 1 aliphatic heterocycles. The Bertz CT molecular complexity index is 858. The van der Waals surface area contributed by atoms with Gasteiger partial charge in [-0.05, 0) is 49.1 Å². The van der Waals surface area contributed by atoms with E-state index in [0.29, 0.717) is 18.0 Å². The van der Waals surface area contributed by atoms with E-state index < -0.39 is 0 Å². The normalized spacial score (nSPS) is 18.7. The highest BCUT2D eigenvalue weighted by Crippen LogP contribution is 2.27. The van der Waals surface area contributed by atoms with Crippen molar-refractivity contribution in [1.82, 2.24) is 4.90 Å². The van der Waals surface area contributed by atoms with Crippen LogP contribution in [0.5, 0.6) is 11.5 Å². The van der Waals surface area contributed by atoms with Gasteiger partial charge < -0.3 is 19.3 Å². The van der Waals surface area contributed by atoms with Gasteiger partial charge in [0.05, 0.1) is 33.2 Å². The number of piperidine rings is 1. The Morgan fingerprint density at radius 2 is 1.93 bits per heavy atom. The minimum absolute atomic E-state index is 0.0257. The Morgan fingerprint density at radius 3 is 2.67 bits per heavy atom. The first-order valence-corrected chi connectivity index (χ1v) is 10.5. The number of carbonyl (C=O) groups is 1. The molecule has 0 aliphatic carbocycles. The highest BCUT2D eigenvalue weighted by Gasteiger charge is 2.30. The van der Waals surface area contributed by atoms with Gasteiger partial charge in [0.25, 0.3) is 0 Å². The van der Waals surface area contributed by atoms with Gasteiger partial charge in [0.1, 0.15) is 12.4 Å². The number of ether oxygens (including phenoxy) is 2. The first-order chi connectivity index (χ1) is 14.5. The molecule has 2 aromatic rings. The van der Waals surface area contributed by atoms with Gasteiger partial charge in [0.2, 0.25) is 5.91 Å². The third-order valence-electron chi connectivity index (χ3n) is 5.87. The zero-order valence-electron chi connectivity index (χ0n) is 18.1. The van der Waals surface area contributed by atoms with E-state index in [2.05, 4.69) is 0 Å². The number of hydrogen-bond acceptors (Lipinski definition) is 3. The number of nitrogens with zero attached hydrogens (tertiary/aromatic N) is 1. The minimum atomic E-state index is -0.202.